The zero-order valence-corrected chi connectivity index (χ0v) is 7.71. The van der Waals surface area contributed by atoms with Gasteiger partial charge in [-0.3, -0.25) is 0 Å². The molecule has 1 fully saturated rings. The first-order valence-electron chi connectivity index (χ1n) is 3.15. The van der Waals surface area contributed by atoms with Gasteiger partial charge in [0.1, 0.15) is 6.61 Å². The topological polar surface area (TPSA) is 18.5 Å². The number of terminal acetylenes is 1. The van der Waals surface area contributed by atoms with Crippen molar-refractivity contribution in [2.45, 2.75) is 16.6 Å². The van der Waals surface area contributed by atoms with E-state index in [-0.39, 0.29) is 6.29 Å². The Morgan fingerprint density at radius 3 is 3.10 bits per heavy atom. The van der Waals surface area contributed by atoms with Gasteiger partial charge in [0.2, 0.25) is 0 Å². The summed E-state index contributed by atoms with van der Waals surface area (Å²) in [6.45, 7) is 1.15. The maximum absolute atomic E-state index is 5.24. The van der Waals surface area contributed by atoms with E-state index < -0.39 is 0 Å². The van der Waals surface area contributed by atoms with Crippen LogP contribution in [0.25, 0.3) is 0 Å². The molecule has 0 aromatic rings. The average Bonchev–Trinajstić information content (AvgIpc) is 2.31. The van der Waals surface area contributed by atoms with Gasteiger partial charge in [0.15, 0.2) is 6.29 Å². The van der Waals surface area contributed by atoms with E-state index in [0.717, 1.165) is 13.0 Å². The van der Waals surface area contributed by atoms with Crippen LogP contribution in [0.15, 0.2) is 0 Å². The second-order valence-electron chi connectivity index (χ2n) is 2.06. The van der Waals surface area contributed by atoms with E-state index in [0.29, 0.717) is 10.5 Å². The first-order chi connectivity index (χ1) is 4.84. The van der Waals surface area contributed by atoms with Crippen molar-refractivity contribution in [3.05, 3.63) is 0 Å². The lowest BCUT2D eigenvalue weighted by atomic mass is 10.4. The zero-order chi connectivity index (χ0) is 7.40. The first-order valence-corrected chi connectivity index (χ1v) is 4.40. The Labute approximate surface area is 74.4 Å². The third-order valence-electron chi connectivity index (χ3n) is 1.30. The van der Waals surface area contributed by atoms with Gasteiger partial charge in [0.25, 0.3) is 0 Å². The molecule has 0 aromatic heterocycles. The minimum atomic E-state index is -0.0725. The molecule has 0 amide bonds. The summed E-state index contributed by atoms with van der Waals surface area (Å²) in [4.78, 5) is 0. The Balaban J connectivity index is 2.21. The van der Waals surface area contributed by atoms with Crippen molar-refractivity contribution in [2.24, 2.45) is 0 Å². The quantitative estimate of drug-likeness (QED) is 0.417. The molecule has 1 saturated heterocycles. The molecule has 2 atom stereocenters. The van der Waals surface area contributed by atoms with Gasteiger partial charge in [0, 0.05) is 0 Å². The van der Waals surface area contributed by atoms with Gasteiger partial charge in [-0.05, 0) is 6.42 Å². The van der Waals surface area contributed by atoms with E-state index in [4.69, 9.17) is 15.9 Å². The van der Waals surface area contributed by atoms with Crippen LogP contribution in [-0.4, -0.2) is 23.4 Å². The second kappa shape index (κ2) is 4.16. The molecule has 1 heterocycles. The molecular formula is C7H9IO2. The molecule has 0 radical (unpaired) electrons. The van der Waals surface area contributed by atoms with Crippen molar-refractivity contribution in [1.29, 1.82) is 0 Å². The minimum Gasteiger partial charge on any atom is -0.351 e. The maximum atomic E-state index is 5.24. The van der Waals surface area contributed by atoms with Gasteiger partial charge in [-0.1, -0.05) is 28.5 Å². The summed E-state index contributed by atoms with van der Waals surface area (Å²) in [5.41, 5.74) is 0. The third kappa shape index (κ3) is 2.11. The molecule has 2 unspecified atom stereocenters. The molecule has 2 nitrogen and oxygen atoms in total. The van der Waals surface area contributed by atoms with E-state index >= 15 is 0 Å². The van der Waals surface area contributed by atoms with E-state index in [1.807, 2.05) is 0 Å². The summed E-state index contributed by atoms with van der Waals surface area (Å²) in [6.07, 6.45) is 6.01. The van der Waals surface area contributed by atoms with Crippen LogP contribution in [0.2, 0.25) is 0 Å². The van der Waals surface area contributed by atoms with Crippen LogP contribution in [0.3, 0.4) is 0 Å². The van der Waals surface area contributed by atoms with Crippen LogP contribution in [0.1, 0.15) is 6.42 Å². The van der Waals surface area contributed by atoms with Gasteiger partial charge in [-0.15, -0.1) is 6.42 Å². The maximum Gasteiger partial charge on any atom is 0.170 e. The van der Waals surface area contributed by atoms with Gasteiger partial charge in [-0.25, -0.2) is 0 Å². The Bertz CT molecular complexity index is 141. The largest absolute Gasteiger partial charge is 0.351 e. The summed E-state index contributed by atoms with van der Waals surface area (Å²) >= 11 is 2.32. The number of halogens is 1. The monoisotopic (exact) mass is 252 g/mol. The first kappa shape index (κ1) is 8.31. The van der Waals surface area contributed by atoms with Gasteiger partial charge in [-0.2, -0.15) is 0 Å². The van der Waals surface area contributed by atoms with Crippen molar-refractivity contribution < 1.29 is 9.47 Å². The Kier molecular flexibility index (Phi) is 3.46. The SMILES string of the molecule is C#CCOC1OCCC1I. The molecule has 3 heteroatoms. The lowest BCUT2D eigenvalue weighted by Crippen LogP contribution is -2.19. The Morgan fingerprint density at radius 2 is 2.60 bits per heavy atom. The number of alkyl halides is 1. The molecule has 10 heavy (non-hydrogen) atoms. The second-order valence-corrected chi connectivity index (χ2v) is 3.66. The van der Waals surface area contributed by atoms with Crippen LogP contribution in [0.4, 0.5) is 0 Å². The highest BCUT2D eigenvalue weighted by molar-refractivity contribution is 14.1. The summed E-state index contributed by atoms with van der Waals surface area (Å²) in [5, 5.41) is 0. The predicted molar refractivity (Wildman–Crippen MR) is 47.0 cm³/mol. The van der Waals surface area contributed by atoms with Crippen LogP contribution in [0.5, 0.6) is 0 Å². The molecule has 56 valence electrons. The van der Waals surface area contributed by atoms with Crippen molar-refractivity contribution in [3.63, 3.8) is 0 Å². The molecule has 0 aromatic carbocycles. The number of rotatable bonds is 2. The fraction of sp³-hybridized carbons (Fsp3) is 0.714. The lowest BCUT2D eigenvalue weighted by molar-refractivity contribution is -0.0951. The van der Waals surface area contributed by atoms with E-state index in [1.165, 1.54) is 0 Å². The smallest absolute Gasteiger partial charge is 0.170 e. The van der Waals surface area contributed by atoms with E-state index in [2.05, 4.69) is 28.5 Å². The van der Waals surface area contributed by atoms with Crippen LogP contribution >= 0.6 is 22.6 Å². The van der Waals surface area contributed by atoms with Crippen molar-refractivity contribution in [1.82, 2.24) is 0 Å². The van der Waals surface area contributed by atoms with Crippen molar-refractivity contribution in [3.8, 4) is 12.3 Å². The van der Waals surface area contributed by atoms with Crippen LogP contribution in [-0.2, 0) is 9.47 Å². The van der Waals surface area contributed by atoms with E-state index in [9.17, 15) is 0 Å². The molecule has 0 saturated carbocycles. The van der Waals surface area contributed by atoms with Gasteiger partial charge >= 0.3 is 0 Å². The molecule has 1 aliphatic rings. The fourth-order valence-electron chi connectivity index (χ4n) is 0.820. The summed E-state index contributed by atoms with van der Waals surface area (Å²) < 4.78 is 10.9. The molecule has 1 aliphatic heterocycles. The summed E-state index contributed by atoms with van der Waals surface area (Å²) in [6, 6.07) is 0. The van der Waals surface area contributed by atoms with Crippen LogP contribution < -0.4 is 0 Å². The number of hydrogen-bond donors (Lipinski definition) is 0. The van der Waals surface area contributed by atoms with Crippen LogP contribution in [0, 0.1) is 12.3 Å². The molecule has 0 spiro atoms. The molecular weight excluding hydrogens is 243 g/mol. The third-order valence-corrected chi connectivity index (χ3v) is 2.51. The Hall–Kier alpha value is 0.210. The molecule has 0 N–H and O–H groups in total. The van der Waals surface area contributed by atoms with Crippen molar-refractivity contribution in [2.75, 3.05) is 13.2 Å². The zero-order valence-electron chi connectivity index (χ0n) is 5.55. The Morgan fingerprint density at radius 1 is 1.80 bits per heavy atom. The fourth-order valence-corrected chi connectivity index (χ4v) is 1.49. The van der Waals surface area contributed by atoms with Crippen molar-refractivity contribution >= 4 is 22.6 Å². The lowest BCUT2D eigenvalue weighted by Gasteiger charge is -2.11. The molecule has 0 aliphatic carbocycles. The predicted octanol–water partition coefficient (Wildman–Crippen LogP) is 1.19. The standard InChI is InChI=1S/C7H9IO2/c1-2-4-9-7-6(8)3-5-10-7/h1,6-7H,3-5H2. The highest BCUT2D eigenvalue weighted by atomic mass is 127. The highest BCUT2D eigenvalue weighted by Gasteiger charge is 2.25. The number of hydrogen-bond acceptors (Lipinski definition) is 2. The molecule has 0 bridgehead atoms. The van der Waals surface area contributed by atoms with Gasteiger partial charge < -0.3 is 9.47 Å². The summed E-state index contributed by atoms with van der Waals surface area (Å²) in [5.74, 6) is 2.41. The highest BCUT2D eigenvalue weighted by Crippen LogP contribution is 2.22. The minimum absolute atomic E-state index is 0.0725. The van der Waals surface area contributed by atoms with E-state index in [1.54, 1.807) is 0 Å². The normalized spacial score (nSPS) is 32.0. The summed E-state index contributed by atoms with van der Waals surface area (Å²) in [7, 11) is 0. The van der Waals surface area contributed by atoms with Gasteiger partial charge in [0.05, 0.1) is 10.5 Å². The number of ether oxygens (including phenoxy) is 2. The average molecular weight is 252 g/mol. The molecule has 1 rings (SSSR count).